The number of para-hydroxylation sites is 1. The molecule has 0 bridgehead atoms. The molecule has 0 aliphatic carbocycles. The summed E-state index contributed by atoms with van der Waals surface area (Å²) in [6.45, 7) is 0.185. The zero-order valence-corrected chi connectivity index (χ0v) is 10.6. The van der Waals surface area contributed by atoms with Gasteiger partial charge in [-0.1, -0.05) is 17.7 Å². The summed E-state index contributed by atoms with van der Waals surface area (Å²) in [4.78, 5) is 25.9. The van der Waals surface area contributed by atoms with E-state index in [2.05, 4.69) is 0 Å². The zero-order chi connectivity index (χ0) is 13.3. The molecule has 1 aromatic carbocycles. The molecular formula is C12H13ClN2O3. The number of anilines is 2. The number of halogens is 1. The molecule has 1 N–H and O–H groups in total. The summed E-state index contributed by atoms with van der Waals surface area (Å²) in [5, 5.41) is 9.38. The Bertz CT molecular complexity index is 504. The number of carbonyl (C=O) groups is 2. The van der Waals surface area contributed by atoms with Crippen molar-refractivity contribution in [2.24, 2.45) is 0 Å². The van der Waals surface area contributed by atoms with Crippen molar-refractivity contribution in [2.45, 2.75) is 6.42 Å². The lowest BCUT2D eigenvalue weighted by Crippen LogP contribution is -2.30. The number of carboxylic acids is 1. The fourth-order valence-electron chi connectivity index (χ4n) is 2.05. The molecule has 0 saturated carbocycles. The molecule has 0 saturated heterocycles. The Morgan fingerprint density at radius 1 is 1.50 bits per heavy atom. The lowest BCUT2D eigenvalue weighted by Gasteiger charge is -2.24. The lowest BCUT2D eigenvalue weighted by atomic mass is 10.2. The van der Waals surface area contributed by atoms with E-state index < -0.39 is 5.97 Å². The monoisotopic (exact) mass is 268 g/mol. The summed E-state index contributed by atoms with van der Waals surface area (Å²) < 4.78 is 0. The fourth-order valence-corrected chi connectivity index (χ4v) is 2.34. The molecular weight excluding hydrogens is 256 g/mol. The third kappa shape index (κ3) is 2.26. The Morgan fingerprint density at radius 3 is 2.89 bits per heavy atom. The van der Waals surface area contributed by atoms with Crippen LogP contribution in [0.5, 0.6) is 0 Å². The van der Waals surface area contributed by atoms with Crippen LogP contribution < -0.4 is 9.80 Å². The SMILES string of the molecule is CN1C(=O)CCN(CC(=O)O)c2c(Cl)cccc21. The van der Waals surface area contributed by atoms with Crippen LogP contribution in [0, 0.1) is 0 Å². The summed E-state index contributed by atoms with van der Waals surface area (Å²) in [5.41, 5.74) is 1.25. The molecule has 1 aromatic rings. The van der Waals surface area contributed by atoms with E-state index in [1.165, 1.54) is 4.90 Å². The quantitative estimate of drug-likeness (QED) is 0.885. The van der Waals surface area contributed by atoms with Gasteiger partial charge in [0.1, 0.15) is 6.54 Å². The highest BCUT2D eigenvalue weighted by Gasteiger charge is 2.26. The van der Waals surface area contributed by atoms with Crippen LogP contribution in [0.3, 0.4) is 0 Å². The minimum absolute atomic E-state index is 0.0496. The van der Waals surface area contributed by atoms with Crippen molar-refractivity contribution in [3.05, 3.63) is 23.2 Å². The normalized spacial score (nSPS) is 15.3. The molecule has 1 aliphatic heterocycles. The van der Waals surface area contributed by atoms with E-state index in [-0.39, 0.29) is 18.9 Å². The number of amides is 1. The molecule has 0 unspecified atom stereocenters. The van der Waals surface area contributed by atoms with Gasteiger partial charge in [0.05, 0.1) is 16.4 Å². The Balaban J connectivity index is 2.51. The van der Waals surface area contributed by atoms with Crippen LogP contribution in [0.2, 0.25) is 5.02 Å². The Hall–Kier alpha value is -1.75. The van der Waals surface area contributed by atoms with E-state index in [4.69, 9.17) is 16.7 Å². The predicted molar refractivity (Wildman–Crippen MR) is 69.3 cm³/mol. The van der Waals surface area contributed by atoms with E-state index in [1.807, 2.05) is 0 Å². The van der Waals surface area contributed by atoms with Crippen LogP contribution in [0.15, 0.2) is 18.2 Å². The van der Waals surface area contributed by atoms with Crippen molar-refractivity contribution in [3.63, 3.8) is 0 Å². The van der Waals surface area contributed by atoms with E-state index in [9.17, 15) is 9.59 Å². The molecule has 0 radical (unpaired) electrons. The molecule has 96 valence electrons. The number of carboxylic acid groups (broad SMARTS) is 1. The van der Waals surface area contributed by atoms with Crippen LogP contribution >= 0.6 is 11.6 Å². The number of benzene rings is 1. The highest BCUT2D eigenvalue weighted by atomic mass is 35.5. The second-order valence-corrected chi connectivity index (χ2v) is 4.53. The van der Waals surface area contributed by atoms with Gasteiger partial charge in [-0.2, -0.15) is 0 Å². The van der Waals surface area contributed by atoms with Crippen molar-refractivity contribution in [1.29, 1.82) is 0 Å². The summed E-state index contributed by atoms with van der Waals surface area (Å²) in [6.07, 6.45) is 0.273. The van der Waals surface area contributed by atoms with Crippen molar-refractivity contribution < 1.29 is 14.7 Å². The minimum atomic E-state index is -0.946. The molecule has 1 amide bonds. The van der Waals surface area contributed by atoms with Crippen molar-refractivity contribution in [1.82, 2.24) is 0 Å². The molecule has 1 aliphatic rings. The fraction of sp³-hybridized carbons (Fsp3) is 0.333. The number of rotatable bonds is 2. The number of nitrogens with zero attached hydrogens (tertiary/aromatic N) is 2. The maximum absolute atomic E-state index is 11.8. The lowest BCUT2D eigenvalue weighted by molar-refractivity contribution is -0.135. The Labute approximate surface area is 110 Å². The van der Waals surface area contributed by atoms with Gasteiger partial charge >= 0.3 is 5.97 Å². The van der Waals surface area contributed by atoms with Crippen LogP contribution in [-0.4, -0.2) is 37.1 Å². The molecule has 0 spiro atoms. The summed E-state index contributed by atoms with van der Waals surface area (Å²) in [7, 11) is 1.67. The van der Waals surface area contributed by atoms with Crippen LogP contribution in [0.1, 0.15) is 6.42 Å². The maximum atomic E-state index is 11.8. The van der Waals surface area contributed by atoms with Gasteiger partial charge < -0.3 is 14.9 Å². The smallest absolute Gasteiger partial charge is 0.323 e. The van der Waals surface area contributed by atoms with Crippen LogP contribution in [0.4, 0.5) is 11.4 Å². The zero-order valence-electron chi connectivity index (χ0n) is 9.89. The van der Waals surface area contributed by atoms with Gasteiger partial charge in [-0.05, 0) is 12.1 Å². The second kappa shape index (κ2) is 4.86. The topological polar surface area (TPSA) is 60.9 Å². The number of carbonyl (C=O) groups excluding carboxylic acids is 1. The molecule has 0 aromatic heterocycles. The van der Waals surface area contributed by atoms with Crippen LogP contribution in [-0.2, 0) is 9.59 Å². The van der Waals surface area contributed by atoms with Crippen LogP contribution in [0.25, 0.3) is 0 Å². The highest BCUT2D eigenvalue weighted by molar-refractivity contribution is 6.34. The van der Waals surface area contributed by atoms with Gasteiger partial charge in [-0.3, -0.25) is 9.59 Å². The first-order valence-corrected chi connectivity index (χ1v) is 5.90. The van der Waals surface area contributed by atoms with E-state index in [0.29, 0.717) is 22.9 Å². The predicted octanol–water partition coefficient (Wildman–Crippen LogP) is 1.60. The third-order valence-electron chi connectivity index (χ3n) is 2.94. The first-order chi connectivity index (χ1) is 8.50. The molecule has 5 nitrogen and oxygen atoms in total. The standard InChI is InChI=1S/C12H13ClN2O3/c1-14-9-4-2-3-8(13)12(9)15(7-11(17)18)6-5-10(14)16/h2-4H,5-7H2,1H3,(H,17,18). The molecule has 2 rings (SSSR count). The van der Waals surface area contributed by atoms with Gasteiger partial charge in [0.15, 0.2) is 0 Å². The number of fused-ring (bicyclic) bond motifs is 1. The van der Waals surface area contributed by atoms with Crippen molar-refractivity contribution >= 4 is 34.9 Å². The Kier molecular flexibility index (Phi) is 3.43. The van der Waals surface area contributed by atoms with Gasteiger partial charge in [-0.25, -0.2) is 0 Å². The van der Waals surface area contributed by atoms with Gasteiger partial charge in [0, 0.05) is 20.0 Å². The summed E-state index contributed by atoms with van der Waals surface area (Å²) >= 11 is 6.13. The number of aliphatic carboxylic acids is 1. The first kappa shape index (κ1) is 12.7. The van der Waals surface area contributed by atoms with Gasteiger partial charge in [-0.15, -0.1) is 0 Å². The molecule has 1 heterocycles. The minimum Gasteiger partial charge on any atom is -0.480 e. The van der Waals surface area contributed by atoms with Crippen molar-refractivity contribution in [2.75, 3.05) is 29.9 Å². The van der Waals surface area contributed by atoms with Gasteiger partial charge in [0.25, 0.3) is 0 Å². The third-order valence-corrected chi connectivity index (χ3v) is 3.24. The summed E-state index contributed by atoms with van der Waals surface area (Å²) in [6, 6.07) is 5.20. The first-order valence-electron chi connectivity index (χ1n) is 5.52. The average molecular weight is 269 g/mol. The average Bonchev–Trinajstić information content (AvgIpc) is 2.42. The molecule has 6 heteroatoms. The summed E-state index contributed by atoms with van der Waals surface area (Å²) in [5.74, 6) is -0.996. The molecule has 18 heavy (non-hydrogen) atoms. The highest BCUT2D eigenvalue weighted by Crippen LogP contribution is 2.37. The molecule has 0 atom stereocenters. The van der Waals surface area contributed by atoms with Crippen molar-refractivity contribution in [3.8, 4) is 0 Å². The van der Waals surface area contributed by atoms with E-state index in [1.54, 1.807) is 30.1 Å². The number of hydrogen-bond donors (Lipinski definition) is 1. The van der Waals surface area contributed by atoms with Gasteiger partial charge in [0.2, 0.25) is 5.91 Å². The van der Waals surface area contributed by atoms with E-state index >= 15 is 0 Å². The van der Waals surface area contributed by atoms with E-state index in [0.717, 1.165) is 0 Å². The second-order valence-electron chi connectivity index (χ2n) is 4.13. The largest absolute Gasteiger partial charge is 0.480 e. The maximum Gasteiger partial charge on any atom is 0.323 e. The number of hydrogen-bond acceptors (Lipinski definition) is 3. The Morgan fingerprint density at radius 2 is 2.22 bits per heavy atom. The molecule has 0 fully saturated rings.